The number of nitro benzene ring substituents is 1. The first-order valence-corrected chi connectivity index (χ1v) is 6.00. The largest absolute Gasteiger partial charge is 0.478 e. The van der Waals surface area contributed by atoms with Crippen molar-refractivity contribution >= 4 is 11.7 Å². The molecular weight excluding hydrogens is 322 g/mol. The minimum absolute atomic E-state index is 0.333. The summed E-state index contributed by atoms with van der Waals surface area (Å²) in [5.74, 6) is -3.15. The second-order valence-electron chi connectivity index (χ2n) is 4.50. The first-order valence-electron chi connectivity index (χ1n) is 6.00. The van der Waals surface area contributed by atoms with Gasteiger partial charge < -0.3 is 5.11 Å². The molecule has 0 aliphatic rings. The number of rotatable bonds is 3. The molecule has 0 aliphatic heterocycles. The van der Waals surface area contributed by atoms with Crippen molar-refractivity contribution in [3.8, 4) is 11.1 Å². The lowest BCUT2D eigenvalue weighted by Crippen LogP contribution is -2.09. The zero-order valence-electron chi connectivity index (χ0n) is 11.1. The van der Waals surface area contributed by atoms with Gasteiger partial charge in [0.15, 0.2) is 0 Å². The molecule has 0 saturated carbocycles. The van der Waals surface area contributed by atoms with E-state index in [0.29, 0.717) is 6.07 Å². The van der Waals surface area contributed by atoms with Crippen molar-refractivity contribution in [2.75, 3.05) is 0 Å². The molecule has 1 N–H and O–H groups in total. The van der Waals surface area contributed by atoms with Crippen LogP contribution in [0.5, 0.6) is 0 Å². The summed E-state index contributed by atoms with van der Waals surface area (Å²) in [6.07, 6.45) is -4.95. The number of halogens is 4. The average Bonchev–Trinajstić information content (AvgIpc) is 2.45. The van der Waals surface area contributed by atoms with Crippen molar-refractivity contribution in [2.45, 2.75) is 6.18 Å². The summed E-state index contributed by atoms with van der Waals surface area (Å²) in [5.41, 5.74) is -3.66. The van der Waals surface area contributed by atoms with Crippen LogP contribution < -0.4 is 0 Å². The van der Waals surface area contributed by atoms with E-state index in [1.165, 1.54) is 0 Å². The van der Waals surface area contributed by atoms with Gasteiger partial charge in [-0.1, -0.05) is 12.1 Å². The molecule has 9 heteroatoms. The van der Waals surface area contributed by atoms with E-state index in [2.05, 4.69) is 0 Å². The number of hydrogen-bond donors (Lipinski definition) is 1. The van der Waals surface area contributed by atoms with Gasteiger partial charge in [0.05, 0.1) is 16.1 Å². The third kappa shape index (κ3) is 3.28. The maximum absolute atomic E-state index is 14.1. The fourth-order valence-corrected chi connectivity index (χ4v) is 1.97. The lowest BCUT2D eigenvalue weighted by molar-refractivity contribution is -0.384. The van der Waals surface area contributed by atoms with Crippen LogP contribution in [0.25, 0.3) is 11.1 Å². The number of benzene rings is 2. The fraction of sp³-hybridized carbons (Fsp3) is 0.0714. The van der Waals surface area contributed by atoms with E-state index in [0.717, 1.165) is 30.3 Å². The Kier molecular flexibility index (Phi) is 4.04. The number of non-ortho nitro benzene ring substituents is 1. The van der Waals surface area contributed by atoms with Crippen LogP contribution in [0.3, 0.4) is 0 Å². The molecule has 0 aromatic heterocycles. The van der Waals surface area contributed by atoms with Crippen molar-refractivity contribution in [1.82, 2.24) is 0 Å². The van der Waals surface area contributed by atoms with E-state index in [-0.39, 0.29) is 5.56 Å². The third-order valence-corrected chi connectivity index (χ3v) is 2.99. The van der Waals surface area contributed by atoms with Gasteiger partial charge in [0.25, 0.3) is 5.69 Å². The van der Waals surface area contributed by atoms with Crippen LogP contribution in [0, 0.1) is 15.9 Å². The zero-order chi connectivity index (χ0) is 17.4. The third-order valence-electron chi connectivity index (χ3n) is 2.99. The highest BCUT2D eigenvalue weighted by molar-refractivity contribution is 5.90. The van der Waals surface area contributed by atoms with Gasteiger partial charge in [0, 0.05) is 17.7 Å². The molecule has 0 fully saturated rings. The van der Waals surface area contributed by atoms with E-state index < -0.39 is 45.3 Å². The first kappa shape index (κ1) is 16.4. The average molecular weight is 329 g/mol. The number of carboxylic acids is 1. The zero-order valence-corrected chi connectivity index (χ0v) is 11.1. The summed E-state index contributed by atoms with van der Waals surface area (Å²) < 4.78 is 52.2. The van der Waals surface area contributed by atoms with Crippen molar-refractivity contribution < 1.29 is 32.4 Å². The number of carboxylic acid groups (broad SMARTS) is 1. The maximum atomic E-state index is 14.1. The molecule has 0 heterocycles. The molecule has 5 nitrogen and oxygen atoms in total. The van der Waals surface area contributed by atoms with Crippen LogP contribution in [-0.2, 0) is 6.18 Å². The van der Waals surface area contributed by atoms with E-state index >= 15 is 0 Å². The summed E-state index contributed by atoms with van der Waals surface area (Å²) in [4.78, 5) is 20.9. The summed E-state index contributed by atoms with van der Waals surface area (Å²) in [5, 5.41) is 19.7. The summed E-state index contributed by atoms with van der Waals surface area (Å²) in [7, 11) is 0. The molecule has 0 amide bonds. The van der Waals surface area contributed by atoms with Gasteiger partial charge in [-0.3, -0.25) is 10.1 Å². The molecular formula is C14H7F4NO4. The molecule has 120 valence electrons. The molecule has 0 aliphatic carbocycles. The topological polar surface area (TPSA) is 80.4 Å². The van der Waals surface area contributed by atoms with E-state index in [1.54, 1.807) is 0 Å². The van der Waals surface area contributed by atoms with Crippen LogP contribution in [0.2, 0.25) is 0 Å². The van der Waals surface area contributed by atoms with Crippen molar-refractivity contribution in [1.29, 1.82) is 0 Å². The normalized spacial score (nSPS) is 11.3. The SMILES string of the molecule is O=C(O)c1cc(-c2cccc(C(F)(F)F)c2F)cc([N+](=O)[O-])c1. The van der Waals surface area contributed by atoms with Gasteiger partial charge >= 0.3 is 12.1 Å². The van der Waals surface area contributed by atoms with Gasteiger partial charge in [-0.2, -0.15) is 13.2 Å². The van der Waals surface area contributed by atoms with Crippen LogP contribution in [0.1, 0.15) is 15.9 Å². The maximum Gasteiger partial charge on any atom is 0.419 e. The lowest BCUT2D eigenvalue weighted by atomic mass is 9.99. The van der Waals surface area contributed by atoms with Crippen LogP contribution in [0.15, 0.2) is 36.4 Å². The Balaban J connectivity index is 2.72. The lowest BCUT2D eigenvalue weighted by Gasteiger charge is -2.11. The Morgan fingerprint density at radius 2 is 1.83 bits per heavy atom. The second-order valence-corrected chi connectivity index (χ2v) is 4.50. The molecule has 0 atom stereocenters. The Labute approximate surface area is 125 Å². The van der Waals surface area contributed by atoms with Gasteiger partial charge in [-0.25, -0.2) is 9.18 Å². The molecule has 0 bridgehead atoms. The first-order chi connectivity index (χ1) is 10.6. The summed E-state index contributed by atoms with van der Waals surface area (Å²) in [6.45, 7) is 0. The smallest absolute Gasteiger partial charge is 0.419 e. The molecule has 0 radical (unpaired) electrons. The minimum Gasteiger partial charge on any atom is -0.478 e. The predicted octanol–water partition coefficient (Wildman–Crippen LogP) is 4.12. The molecule has 2 aromatic carbocycles. The Bertz CT molecular complexity index is 770. The predicted molar refractivity (Wildman–Crippen MR) is 70.5 cm³/mol. The van der Waals surface area contributed by atoms with Gasteiger partial charge in [0.2, 0.25) is 0 Å². The molecule has 0 unspecified atom stereocenters. The Hall–Kier alpha value is -2.97. The highest BCUT2D eigenvalue weighted by Gasteiger charge is 2.35. The van der Waals surface area contributed by atoms with Crippen LogP contribution in [-0.4, -0.2) is 16.0 Å². The van der Waals surface area contributed by atoms with Gasteiger partial charge in [-0.15, -0.1) is 0 Å². The van der Waals surface area contributed by atoms with E-state index in [1.807, 2.05) is 0 Å². The van der Waals surface area contributed by atoms with Gasteiger partial charge in [0.1, 0.15) is 5.82 Å². The quantitative estimate of drug-likeness (QED) is 0.522. The number of alkyl halides is 3. The standard InChI is InChI=1S/C14H7F4NO4/c15-12-10(2-1-3-11(12)14(16,17)18)7-4-8(13(20)21)6-9(5-7)19(22)23/h1-6H,(H,20,21). The van der Waals surface area contributed by atoms with Crippen LogP contribution >= 0.6 is 0 Å². The highest BCUT2D eigenvalue weighted by Crippen LogP contribution is 2.36. The Morgan fingerprint density at radius 1 is 1.17 bits per heavy atom. The van der Waals surface area contributed by atoms with Gasteiger partial charge in [-0.05, 0) is 17.7 Å². The number of nitrogens with zero attached hydrogens (tertiary/aromatic N) is 1. The number of carbonyl (C=O) groups is 1. The fourth-order valence-electron chi connectivity index (χ4n) is 1.97. The molecule has 0 saturated heterocycles. The van der Waals surface area contributed by atoms with E-state index in [4.69, 9.17) is 5.11 Å². The number of aromatic carboxylic acids is 1. The summed E-state index contributed by atoms with van der Waals surface area (Å²) in [6, 6.07) is 4.85. The van der Waals surface area contributed by atoms with Crippen LogP contribution in [0.4, 0.5) is 23.2 Å². The number of nitro groups is 1. The molecule has 2 rings (SSSR count). The van der Waals surface area contributed by atoms with E-state index in [9.17, 15) is 32.5 Å². The molecule has 0 spiro atoms. The molecule has 23 heavy (non-hydrogen) atoms. The molecule has 2 aromatic rings. The minimum atomic E-state index is -4.95. The van der Waals surface area contributed by atoms with Crippen molar-refractivity contribution in [3.05, 3.63) is 63.5 Å². The second kappa shape index (κ2) is 5.67. The monoisotopic (exact) mass is 329 g/mol. The summed E-state index contributed by atoms with van der Waals surface area (Å²) >= 11 is 0. The highest BCUT2D eigenvalue weighted by atomic mass is 19.4. The van der Waals surface area contributed by atoms with Crippen molar-refractivity contribution in [2.24, 2.45) is 0 Å². The Morgan fingerprint density at radius 3 is 2.35 bits per heavy atom. The van der Waals surface area contributed by atoms with Crippen molar-refractivity contribution in [3.63, 3.8) is 0 Å². The number of hydrogen-bond acceptors (Lipinski definition) is 3.